The van der Waals surface area contributed by atoms with E-state index in [4.69, 9.17) is 0 Å². The summed E-state index contributed by atoms with van der Waals surface area (Å²) in [5.74, 6) is 0.813. The van der Waals surface area contributed by atoms with Gasteiger partial charge in [0.25, 0.3) is 0 Å². The molecule has 1 amide bonds. The van der Waals surface area contributed by atoms with Crippen LogP contribution in [0.5, 0.6) is 0 Å². The van der Waals surface area contributed by atoms with Gasteiger partial charge in [0.2, 0.25) is 5.91 Å². The number of amides is 1. The number of nitrogens with one attached hydrogen (secondary N) is 1. The van der Waals surface area contributed by atoms with Crippen molar-refractivity contribution in [3.8, 4) is 0 Å². The average Bonchev–Trinajstić information content (AvgIpc) is 2.39. The van der Waals surface area contributed by atoms with Crippen LogP contribution in [0, 0.1) is 5.92 Å². The van der Waals surface area contributed by atoms with Crippen LogP contribution >= 0.6 is 0 Å². The second-order valence-corrected chi connectivity index (χ2v) is 5.88. The Labute approximate surface area is 105 Å². The van der Waals surface area contributed by atoms with Gasteiger partial charge in [0.15, 0.2) is 0 Å². The fourth-order valence-electron chi connectivity index (χ4n) is 2.67. The highest BCUT2D eigenvalue weighted by atomic mass is 16.2. The molecule has 100 valence electrons. The number of hydrogen-bond donors (Lipinski definition) is 1. The van der Waals surface area contributed by atoms with Crippen LogP contribution in [0.25, 0.3) is 0 Å². The molecule has 0 radical (unpaired) electrons. The van der Waals surface area contributed by atoms with Crippen LogP contribution in [0.1, 0.15) is 34.1 Å². The molecule has 0 aliphatic carbocycles. The molecule has 0 spiro atoms. The minimum atomic E-state index is 0.00890. The predicted octanol–water partition coefficient (Wildman–Crippen LogP) is 1.13. The van der Waals surface area contributed by atoms with Crippen LogP contribution in [0.2, 0.25) is 0 Å². The molecule has 1 N–H and O–H groups in total. The van der Waals surface area contributed by atoms with Gasteiger partial charge >= 0.3 is 0 Å². The minimum absolute atomic E-state index is 0.00890. The Hall–Kier alpha value is -0.610. The zero-order valence-corrected chi connectivity index (χ0v) is 12.0. The first-order valence-electron chi connectivity index (χ1n) is 6.55. The summed E-state index contributed by atoms with van der Waals surface area (Å²) in [4.78, 5) is 16.4. The summed E-state index contributed by atoms with van der Waals surface area (Å²) < 4.78 is 0. The molecule has 1 fully saturated rings. The molecule has 4 nitrogen and oxygen atoms in total. The zero-order chi connectivity index (χ0) is 13.2. The first-order valence-corrected chi connectivity index (χ1v) is 6.55. The number of nitrogens with zero attached hydrogens (tertiary/aromatic N) is 2. The van der Waals surface area contributed by atoms with E-state index in [-0.39, 0.29) is 24.2 Å². The van der Waals surface area contributed by atoms with E-state index < -0.39 is 0 Å². The van der Waals surface area contributed by atoms with Gasteiger partial charge in [0.1, 0.15) is 0 Å². The van der Waals surface area contributed by atoms with Crippen molar-refractivity contribution in [2.75, 3.05) is 20.6 Å². The maximum atomic E-state index is 12.3. The van der Waals surface area contributed by atoms with Crippen molar-refractivity contribution in [1.29, 1.82) is 0 Å². The van der Waals surface area contributed by atoms with Crippen LogP contribution < -0.4 is 5.32 Å². The summed E-state index contributed by atoms with van der Waals surface area (Å²) in [6, 6.07) is 0.270. The average molecular weight is 241 g/mol. The van der Waals surface area contributed by atoms with E-state index in [1.54, 1.807) is 0 Å². The van der Waals surface area contributed by atoms with Gasteiger partial charge in [-0.2, -0.15) is 0 Å². The van der Waals surface area contributed by atoms with Gasteiger partial charge in [-0.15, -0.1) is 0 Å². The normalized spacial score (nSPS) is 27.3. The summed E-state index contributed by atoms with van der Waals surface area (Å²) >= 11 is 0. The highest BCUT2D eigenvalue weighted by molar-refractivity contribution is 5.84. The second-order valence-electron chi connectivity index (χ2n) is 5.88. The summed E-state index contributed by atoms with van der Waals surface area (Å²) in [5, 5.41) is 3.40. The Morgan fingerprint density at radius 1 is 1.35 bits per heavy atom. The first kappa shape index (κ1) is 14.5. The Morgan fingerprint density at radius 3 is 2.41 bits per heavy atom. The van der Waals surface area contributed by atoms with Gasteiger partial charge in [-0.05, 0) is 40.3 Å². The van der Waals surface area contributed by atoms with Crippen molar-refractivity contribution in [2.24, 2.45) is 5.92 Å². The summed E-state index contributed by atoms with van der Waals surface area (Å²) in [6.45, 7) is 9.42. The standard InChI is InChI=1S/C13H27N3O/c1-9(2)7-12-13(17)16(11(4)14-12)10(3)8-15(5)6/h9-12,14H,7-8H2,1-6H3. The molecule has 0 bridgehead atoms. The third-order valence-corrected chi connectivity index (χ3v) is 3.22. The van der Waals surface area contributed by atoms with E-state index in [1.165, 1.54) is 0 Å². The van der Waals surface area contributed by atoms with Gasteiger partial charge in [0.05, 0.1) is 12.2 Å². The van der Waals surface area contributed by atoms with Gasteiger partial charge in [-0.25, -0.2) is 0 Å². The Bertz CT molecular complexity index is 265. The number of likely N-dealkylation sites (N-methyl/N-ethyl adjacent to an activating group) is 1. The Balaban J connectivity index is 2.64. The fraction of sp³-hybridized carbons (Fsp3) is 0.923. The van der Waals surface area contributed by atoms with Crippen molar-refractivity contribution in [2.45, 2.75) is 52.4 Å². The molecule has 4 heteroatoms. The Kier molecular flexibility index (Phi) is 4.95. The molecule has 1 heterocycles. The molecular weight excluding hydrogens is 214 g/mol. The summed E-state index contributed by atoms with van der Waals surface area (Å²) in [7, 11) is 4.08. The SMILES string of the molecule is CC(C)CC1NC(C)N(C(C)CN(C)C)C1=O. The highest BCUT2D eigenvalue weighted by Gasteiger charge is 2.38. The molecule has 0 aromatic rings. The van der Waals surface area contributed by atoms with E-state index in [0.717, 1.165) is 13.0 Å². The number of carbonyl (C=O) groups excluding carboxylic acids is 1. The van der Waals surface area contributed by atoms with Crippen molar-refractivity contribution >= 4 is 5.91 Å². The molecule has 3 unspecified atom stereocenters. The lowest BCUT2D eigenvalue weighted by Crippen LogP contribution is -2.46. The molecule has 3 atom stereocenters. The molecule has 0 aromatic heterocycles. The van der Waals surface area contributed by atoms with Crippen LogP contribution in [0.4, 0.5) is 0 Å². The smallest absolute Gasteiger partial charge is 0.241 e. The van der Waals surface area contributed by atoms with Gasteiger partial charge in [-0.3, -0.25) is 10.1 Å². The number of carbonyl (C=O) groups is 1. The van der Waals surface area contributed by atoms with E-state index in [2.05, 4.69) is 37.9 Å². The molecule has 1 saturated heterocycles. The second kappa shape index (κ2) is 5.83. The third-order valence-electron chi connectivity index (χ3n) is 3.22. The maximum absolute atomic E-state index is 12.3. The third kappa shape index (κ3) is 3.68. The van der Waals surface area contributed by atoms with Crippen molar-refractivity contribution in [3.05, 3.63) is 0 Å². The fourth-order valence-corrected chi connectivity index (χ4v) is 2.67. The lowest BCUT2D eigenvalue weighted by Gasteiger charge is -2.30. The topological polar surface area (TPSA) is 35.6 Å². The molecule has 0 saturated carbocycles. The summed E-state index contributed by atoms with van der Waals surface area (Å²) in [6.07, 6.45) is 1.08. The van der Waals surface area contributed by atoms with Crippen molar-refractivity contribution < 1.29 is 4.79 Å². The predicted molar refractivity (Wildman–Crippen MR) is 70.7 cm³/mol. The lowest BCUT2D eigenvalue weighted by molar-refractivity contribution is -0.132. The molecule has 0 aromatic carbocycles. The largest absolute Gasteiger partial charge is 0.322 e. The van der Waals surface area contributed by atoms with Crippen LogP contribution in [0.3, 0.4) is 0 Å². The van der Waals surface area contributed by atoms with Crippen molar-refractivity contribution in [3.63, 3.8) is 0 Å². The summed E-state index contributed by atoms with van der Waals surface area (Å²) in [5.41, 5.74) is 0. The van der Waals surface area contributed by atoms with Crippen LogP contribution in [0.15, 0.2) is 0 Å². The quantitative estimate of drug-likeness (QED) is 0.784. The van der Waals surface area contributed by atoms with Crippen LogP contribution in [-0.2, 0) is 4.79 Å². The van der Waals surface area contributed by atoms with Gasteiger partial charge in [0, 0.05) is 12.6 Å². The molecular formula is C13H27N3O. The molecule has 1 rings (SSSR count). The van der Waals surface area contributed by atoms with E-state index in [9.17, 15) is 4.79 Å². The number of hydrogen-bond acceptors (Lipinski definition) is 3. The molecule has 1 aliphatic rings. The van der Waals surface area contributed by atoms with Crippen molar-refractivity contribution in [1.82, 2.24) is 15.1 Å². The van der Waals surface area contributed by atoms with E-state index in [0.29, 0.717) is 5.92 Å². The molecule has 1 aliphatic heterocycles. The Morgan fingerprint density at radius 2 is 1.94 bits per heavy atom. The zero-order valence-electron chi connectivity index (χ0n) is 12.0. The maximum Gasteiger partial charge on any atom is 0.241 e. The van der Waals surface area contributed by atoms with Gasteiger partial charge in [-0.1, -0.05) is 13.8 Å². The van der Waals surface area contributed by atoms with E-state index in [1.807, 2.05) is 19.0 Å². The minimum Gasteiger partial charge on any atom is -0.322 e. The van der Waals surface area contributed by atoms with E-state index >= 15 is 0 Å². The van der Waals surface area contributed by atoms with Crippen LogP contribution in [-0.4, -0.2) is 54.6 Å². The monoisotopic (exact) mass is 241 g/mol. The molecule has 17 heavy (non-hydrogen) atoms. The lowest BCUT2D eigenvalue weighted by atomic mass is 10.0. The number of rotatable bonds is 5. The first-order chi connectivity index (χ1) is 7.82. The highest BCUT2D eigenvalue weighted by Crippen LogP contribution is 2.19. The van der Waals surface area contributed by atoms with Gasteiger partial charge < -0.3 is 9.80 Å².